The van der Waals surface area contributed by atoms with Crippen molar-refractivity contribution in [3.05, 3.63) is 12.7 Å². The van der Waals surface area contributed by atoms with Gasteiger partial charge in [0.05, 0.1) is 6.61 Å². The molecule has 2 aliphatic heterocycles. The predicted molar refractivity (Wildman–Crippen MR) is 85.3 cm³/mol. The van der Waals surface area contributed by atoms with Crippen molar-refractivity contribution in [2.24, 2.45) is 11.8 Å². The number of hydrogen-bond donors (Lipinski definition) is 0. The fourth-order valence-electron chi connectivity index (χ4n) is 3.42. The zero-order chi connectivity index (χ0) is 15.9. The molecule has 0 N–H and O–H groups in total. The van der Waals surface area contributed by atoms with Crippen LogP contribution in [0.15, 0.2) is 12.7 Å². The van der Waals surface area contributed by atoms with Gasteiger partial charge in [-0.2, -0.15) is 0 Å². The third-order valence-electron chi connectivity index (χ3n) is 4.72. The molecule has 1 unspecified atom stereocenters. The lowest BCUT2D eigenvalue weighted by atomic mass is 9.92. The maximum atomic E-state index is 12.7. The molecule has 0 aromatic rings. The third-order valence-corrected chi connectivity index (χ3v) is 4.72. The molecule has 124 valence electrons. The summed E-state index contributed by atoms with van der Waals surface area (Å²) in [7, 11) is 0. The number of ether oxygens (including phenoxy) is 1. The normalized spacial score (nSPS) is 23.4. The maximum Gasteiger partial charge on any atom is 0.245 e. The molecule has 0 radical (unpaired) electrons. The fourth-order valence-corrected chi connectivity index (χ4v) is 3.42. The third kappa shape index (κ3) is 4.32. The summed E-state index contributed by atoms with van der Waals surface area (Å²) in [6, 6.07) is 0. The molecule has 2 fully saturated rings. The monoisotopic (exact) mass is 308 g/mol. The van der Waals surface area contributed by atoms with E-state index in [9.17, 15) is 9.59 Å². The van der Waals surface area contributed by atoms with Crippen molar-refractivity contribution in [3.8, 4) is 0 Å². The smallest absolute Gasteiger partial charge is 0.245 e. The summed E-state index contributed by atoms with van der Waals surface area (Å²) in [6.45, 7) is 10.0. The highest BCUT2D eigenvalue weighted by Gasteiger charge is 2.32. The Hall–Kier alpha value is -1.36. The number of carbonyl (C=O) groups excluding carboxylic acids is 2. The minimum Gasteiger partial charge on any atom is -0.381 e. The van der Waals surface area contributed by atoms with Crippen LogP contribution in [0.3, 0.4) is 0 Å². The van der Waals surface area contributed by atoms with Crippen molar-refractivity contribution >= 4 is 11.8 Å². The molecule has 5 nitrogen and oxygen atoms in total. The average molecular weight is 308 g/mol. The van der Waals surface area contributed by atoms with E-state index in [1.54, 1.807) is 4.90 Å². The molecular weight excluding hydrogens is 280 g/mol. The summed E-state index contributed by atoms with van der Waals surface area (Å²) in [5.74, 6) is 0.785. The van der Waals surface area contributed by atoms with Gasteiger partial charge in [0.15, 0.2) is 0 Å². The quantitative estimate of drug-likeness (QED) is 0.726. The van der Waals surface area contributed by atoms with Crippen LogP contribution in [0, 0.1) is 11.8 Å². The van der Waals surface area contributed by atoms with Crippen molar-refractivity contribution in [1.29, 1.82) is 0 Å². The molecule has 22 heavy (non-hydrogen) atoms. The average Bonchev–Trinajstić information content (AvgIpc) is 2.59. The number of hydrogen-bond acceptors (Lipinski definition) is 3. The largest absolute Gasteiger partial charge is 0.381 e. The van der Waals surface area contributed by atoms with Crippen LogP contribution in [-0.4, -0.2) is 61.0 Å². The van der Waals surface area contributed by atoms with Crippen LogP contribution < -0.4 is 0 Å². The van der Waals surface area contributed by atoms with Gasteiger partial charge in [-0.15, -0.1) is 0 Å². The molecular formula is C17H28N2O3. The van der Waals surface area contributed by atoms with Gasteiger partial charge in [-0.25, -0.2) is 0 Å². The molecule has 2 saturated heterocycles. The van der Waals surface area contributed by atoms with Crippen LogP contribution >= 0.6 is 0 Å². The van der Waals surface area contributed by atoms with E-state index in [2.05, 4.69) is 6.58 Å². The van der Waals surface area contributed by atoms with Gasteiger partial charge in [0, 0.05) is 38.7 Å². The summed E-state index contributed by atoms with van der Waals surface area (Å²) >= 11 is 0. The Morgan fingerprint density at radius 2 is 1.91 bits per heavy atom. The molecule has 2 heterocycles. The van der Waals surface area contributed by atoms with E-state index in [1.165, 1.54) is 6.08 Å². The summed E-state index contributed by atoms with van der Waals surface area (Å²) in [5.41, 5.74) is 0. The minimum absolute atomic E-state index is 0.0272. The summed E-state index contributed by atoms with van der Waals surface area (Å²) in [4.78, 5) is 28.1. The summed E-state index contributed by atoms with van der Waals surface area (Å²) in [5, 5.41) is 0. The van der Waals surface area contributed by atoms with Crippen LogP contribution in [0.1, 0.15) is 32.6 Å². The van der Waals surface area contributed by atoms with Gasteiger partial charge in [0.25, 0.3) is 0 Å². The number of rotatable bonds is 5. The van der Waals surface area contributed by atoms with Gasteiger partial charge >= 0.3 is 0 Å². The zero-order valence-corrected chi connectivity index (χ0v) is 13.6. The van der Waals surface area contributed by atoms with E-state index in [0.29, 0.717) is 19.0 Å². The van der Waals surface area contributed by atoms with Crippen molar-refractivity contribution in [3.63, 3.8) is 0 Å². The topological polar surface area (TPSA) is 49.9 Å². The highest BCUT2D eigenvalue weighted by molar-refractivity contribution is 5.87. The van der Waals surface area contributed by atoms with E-state index in [0.717, 1.165) is 52.0 Å². The number of carbonyl (C=O) groups is 2. The molecule has 2 rings (SSSR count). The standard InChI is InChI=1S/C17H28N2O3/c1-3-16(20)18-10-7-15(8-11-18)17(21)19-9-5-6-14(12-19)13-22-4-2/h3,14-15H,1,4-13H2,2H3. The van der Waals surface area contributed by atoms with Crippen LogP contribution in [0.5, 0.6) is 0 Å². The van der Waals surface area contributed by atoms with Gasteiger partial charge in [-0.1, -0.05) is 6.58 Å². The Morgan fingerprint density at radius 1 is 1.18 bits per heavy atom. The number of piperidine rings is 2. The highest BCUT2D eigenvalue weighted by atomic mass is 16.5. The second kappa shape index (κ2) is 8.32. The summed E-state index contributed by atoms with van der Waals surface area (Å²) in [6.07, 6.45) is 5.11. The van der Waals surface area contributed by atoms with Crippen LogP contribution in [0.2, 0.25) is 0 Å². The van der Waals surface area contributed by atoms with Gasteiger partial charge in [-0.3, -0.25) is 9.59 Å². The second-order valence-corrected chi connectivity index (χ2v) is 6.26. The summed E-state index contributed by atoms with van der Waals surface area (Å²) < 4.78 is 5.51. The molecule has 0 aliphatic carbocycles. The molecule has 2 amide bonds. The first kappa shape index (κ1) is 17.0. The molecule has 0 saturated carbocycles. The predicted octanol–water partition coefficient (Wildman–Crippen LogP) is 1.69. The first-order chi connectivity index (χ1) is 10.7. The van der Waals surface area contributed by atoms with Crippen LogP contribution in [-0.2, 0) is 14.3 Å². The maximum absolute atomic E-state index is 12.7. The Bertz CT molecular complexity index is 403. The van der Waals surface area contributed by atoms with Crippen molar-refractivity contribution in [1.82, 2.24) is 9.80 Å². The van der Waals surface area contributed by atoms with E-state index in [4.69, 9.17) is 4.74 Å². The lowest BCUT2D eigenvalue weighted by Crippen LogP contribution is -2.47. The number of amides is 2. The van der Waals surface area contributed by atoms with Crippen molar-refractivity contribution < 1.29 is 14.3 Å². The second-order valence-electron chi connectivity index (χ2n) is 6.26. The van der Waals surface area contributed by atoms with Gasteiger partial charge in [0.1, 0.15) is 0 Å². The fraction of sp³-hybridized carbons (Fsp3) is 0.765. The van der Waals surface area contributed by atoms with Crippen LogP contribution in [0.4, 0.5) is 0 Å². The number of likely N-dealkylation sites (tertiary alicyclic amines) is 2. The minimum atomic E-state index is -0.0272. The van der Waals surface area contributed by atoms with Crippen molar-refractivity contribution in [2.75, 3.05) is 39.4 Å². The Kier molecular flexibility index (Phi) is 6.43. The molecule has 2 aliphatic rings. The molecule has 1 atom stereocenters. The Morgan fingerprint density at radius 3 is 2.55 bits per heavy atom. The van der Waals surface area contributed by atoms with Crippen LogP contribution in [0.25, 0.3) is 0 Å². The van der Waals surface area contributed by atoms with Crippen molar-refractivity contribution in [2.45, 2.75) is 32.6 Å². The molecule has 0 aromatic carbocycles. The molecule has 5 heteroatoms. The molecule has 0 spiro atoms. The lowest BCUT2D eigenvalue weighted by Gasteiger charge is -2.37. The number of nitrogens with zero attached hydrogens (tertiary/aromatic N) is 2. The zero-order valence-electron chi connectivity index (χ0n) is 13.6. The first-order valence-electron chi connectivity index (χ1n) is 8.43. The SMILES string of the molecule is C=CC(=O)N1CCC(C(=O)N2CCCC(COCC)C2)CC1. The first-order valence-corrected chi connectivity index (χ1v) is 8.43. The van der Waals surface area contributed by atoms with Gasteiger partial charge in [0.2, 0.25) is 11.8 Å². The Balaban J connectivity index is 1.81. The Labute approximate surface area is 133 Å². The molecule has 0 aromatic heterocycles. The van der Waals surface area contributed by atoms with E-state index in [1.807, 2.05) is 11.8 Å². The molecule has 0 bridgehead atoms. The highest BCUT2D eigenvalue weighted by Crippen LogP contribution is 2.24. The van der Waals surface area contributed by atoms with E-state index in [-0.39, 0.29) is 17.7 Å². The van der Waals surface area contributed by atoms with Gasteiger partial charge in [-0.05, 0) is 44.6 Å². The van der Waals surface area contributed by atoms with Gasteiger partial charge < -0.3 is 14.5 Å². The van der Waals surface area contributed by atoms with E-state index < -0.39 is 0 Å². The lowest BCUT2D eigenvalue weighted by molar-refractivity contribution is -0.141. The van der Waals surface area contributed by atoms with E-state index >= 15 is 0 Å².